The third kappa shape index (κ3) is 4.60. The number of hydrazone groups is 1. The number of likely N-dealkylation sites (N-methyl/N-ethyl adjacent to an activating group) is 1. The topological polar surface area (TPSA) is 102 Å². The first-order chi connectivity index (χ1) is 16.6. The van der Waals surface area contributed by atoms with Crippen LogP contribution >= 0.6 is 0 Å². The normalized spacial score (nSPS) is 21.0. The summed E-state index contributed by atoms with van der Waals surface area (Å²) in [6.45, 7) is 4.60. The van der Waals surface area contributed by atoms with Crippen LogP contribution in [0.1, 0.15) is 30.9 Å². The highest BCUT2D eigenvalue weighted by Gasteiger charge is 2.32. The molecule has 0 spiro atoms. The van der Waals surface area contributed by atoms with Gasteiger partial charge in [-0.05, 0) is 43.5 Å². The van der Waals surface area contributed by atoms with Crippen molar-refractivity contribution in [3.63, 3.8) is 0 Å². The lowest BCUT2D eigenvalue weighted by Crippen LogP contribution is -2.36. The van der Waals surface area contributed by atoms with Gasteiger partial charge in [0, 0.05) is 72.1 Å². The van der Waals surface area contributed by atoms with Crippen molar-refractivity contribution in [1.29, 1.82) is 5.26 Å². The molecule has 5 heterocycles. The molecule has 0 bridgehead atoms. The highest BCUT2D eigenvalue weighted by molar-refractivity contribution is 7.92. The molecule has 0 aromatic carbocycles. The van der Waals surface area contributed by atoms with Gasteiger partial charge in [-0.2, -0.15) is 15.5 Å². The van der Waals surface area contributed by atoms with E-state index >= 15 is 0 Å². The second-order valence-electron chi connectivity index (χ2n) is 9.99. The molecule has 0 aliphatic carbocycles. The summed E-state index contributed by atoms with van der Waals surface area (Å²) in [5.74, 6) is 0.915. The Morgan fingerprint density at radius 3 is 2.60 bits per heavy atom. The van der Waals surface area contributed by atoms with E-state index in [0.29, 0.717) is 5.56 Å². The predicted molar refractivity (Wildman–Crippen MR) is 139 cm³/mol. The quantitative estimate of drug-likeness (QED) is 0.557. The van der Waals surface area contributed by atoms with Crippen LogP contribution in [-0.4, -0.2) is 75.3 Å². The van der Waals surface area contributed by atoms with Crippen molar-refractivity contribution < 1.29 is 4.21 Å². The molecule has 2 aliphatic heterocycles. The Labute approximate surface area is 206 Å². The Bertz CT molecular complexity index is 1450. The predicted octanol–water partition coefficient (Wildman–Crippen LogP) is 3.15. The molecule has 1 saturated heterocycles. The Kier molecular flexibility index (Phi) is 5.75. The molecule has 2 aliphatic rings. The first kappa shape index (κ1) is 23.3. The maximum atomic E-state index is 12.0. The number of hydrogen-bond acceptors (Lipinski definition) is 8. The van der Waals surface area contributed by atoms with Crippen LogP contribution in [0.25, 0.3) is 16.6 Å². The number of anilines is 1. The van der Waals surface area contributed by atoms with Crippen LogP contribution in [0.5, 0.6) is 0 Å². The highest BCUT2D eigenvalue weighted by atomic mass is 32.2. The standard InChI is InChI=1S/C25H30N8OS/c1-25(16-29-31(2)17-25)20-11-22(24-19(12-26)14-28-33(24)15-20)18-5-6-23(27-13-18)32-9-7-21(8-10-32)30-35(3,4)34/h5-6,11,13-16,21H,7-10,17H2,1-4H3. The lowest BCUT2D eigenvalue weighted by atomic mass is 9.84. The molecule has 1 atom stereocenters. The first-order valence-electron chi connectivity index (χ1n) is 11.7. The number of aromatic nitrogens is 3. The molecule has 0 radical (unpaired) electrons. The molecule has 3 aromatic rings. The Morgan fingerprint density at radius 2 is 2.00 bits per heavy atom. The average molecular weight is 491 g/mol. The molecule has 0 N–H and O–H groups in total. The number of nitrogens with zero attached hydrogens (tertiary/aromatic N) is 8. The molecule has 10 heteroatoms. The van der Waals surface area contributed by atoms with Gasteiger partial charge < -0.3 is 4.90 Å². The smallest absolute Gasteiger partial charge is 0.128 e. The summed E-state index contributed by atoms with van der Waals surface area (Å²) < 4.78 is 18.3. The Hall–Kier alpha value is -3.45. The van der Waals surface area contributed by atoms with E-state index in [-0.39, 0.29) is 11.5 Å². The van der Waals surface area contributed by atoms with Crippen molar-refractivity contribution in [2.75, 3.05) is 44.1 Å². The molecule has 35 heavy (non-hydrogen) atoms. The van der Waals surface area contributed by atoms with Crippen LogP contribution in [0.3, 0.4) is 0 Å². The fourth-order valence-electron chi connectivity index (χ4n) is 4.98. The van der Waals surface area contributed by atoms with Crippen LogP contribution in [-0.2, 0) is 15.1 Å². The Balaban J connectivity index is 1.47. The summed E-state index contributed by atoms with van der Waals surface area (Å²) in [5.41, 5.74) is 4.01. The number of fused-ring (bicyclic) bond motifs is 1. The maximum Gasteiger partial charge on any atom is 0.128 e. The fraction of sp³-hybridized carbons (Fsp3) is 0.440. The minimum Gasteiger partial charge on any atom is -0.356 e. The zero-order chi connectivity index (χ0) is 24.8. The summed E-state index contributed by atoms with van der Waals surface area (Å²) in [5, 5.41) is 20.5. The van der Waals surface area contributed by atoms with Crippen LogP contribution in [0.4, 0.5) is 5.82 Å². The number of pyridine rings is 2. The minimum atomic E-state index is -2.08. The molecule has 3 aromatic heterocycles. The number of piperidine rings is 1. The number of rotatable bonds is 4. The van der Waals surface area contributed by atoms with Gasteiger partial charge in [0.1, 0.15) is 11.9 Å². The highest BCUT2D eigenvalue weighted by Crippen LogP contribution is 2.34. The molecule has 0 amide bonds. The summed E-state index contributed by atoms with van der Waals surface area (Å²) in [6, 6.07) is 8.66. The van der Waals surface area contributed by atoms with Crippen molar-refractivity contribution in [1.82, 2.24) is 19.6 Å². The van der Waals surface area contributed by atoms with Gasteiger partial charge in [0.15, 0.2) is 0 Å². The van der Waals surface area contributed by atoms with E-state index in [1.807, 2.05) is 36.7 Å². The van der Waals surface area contributed by atoms with Gasteiger partial charge in [-0.15, -0.1) is 0 Å². The molecule has 1 unspecified atom stereocenters. The van der Waals surface area contributed by atoms with Crippen molar-refractivity contribution in [2.45, 2.75) is 31.2 Å². The van der Waals surface area contributed by atoms with Crippen LogP contribution in [0.2, 0.25) is 0 Å². The van der Waals surface area contributed by atoms with E-state index < -0.39 is 9.73 Å². The van der Waals surface area contributed by atoms with Crippen LogP contribution in [0, 0.1) is 11.3 Å². The lowest BCUT2D eigenvalue weighted by molar-refractivity contribution is 0.348. The van der Waals surface area contributed by atoms with Crippen molar-refractivity contribution in [3.05, 3.63) is 47.9 Å². The monoisotopic (exact) mass is 490 g/mol. The van der Waals surface area contributed by atoms with Gasteiger partial charge in [0.2, 0.25) is 0 Å². The van der Waals surface area contributed by atoms with Gasteiger partial charge in [-0.25, -0.2) is 13.9 Å². The molecular weight excluding hydrogens is 460 g/mol. The molecular formula is C25H30N8OS. The van der Waals surface area contributed by atoms with Crippen LogP contribution < -0.4 is 4.90 Å². The molecule has 182 valence electrons. The van der Waals surface area contributed by atoms with Gasteiger partial charge >= 0.3 is 0 Å². The van der Waals surface area contributed by atoms with Crippen molar-refractivity contribution in [3.8, 4) is 17.2 Å². The minimum absolute atomic E-state index is 0.148. The maximum absolute atomic E-state index is 12.0. The average Bonchev–Trinajstić information content (AvgIpc) is 3.41. The molecule has 5 rings (SSSR count). The third-order valence-corrected chi connectivity index (χ3v) is 7.54. The fourth-order valence-corrected chi connectivity index (χ4v) is 5.91. The van der Waals surface area contributed by atoms with E-state index in [0.717, 1.165) is 60.5 Å². The van der Waals surface area contributed by atoms with E-state index in [1.54, 1.807) is 23.2 Å². The molecule has 9 nitrogen and oxygen atoms in total. The van der Waals surface area contributed by atoms with Gasteiger partial charge in [0.25, 0.3) is 0 Å². The third-order valence-electron chi connectivity index (χ3n) is 6.74. The van der Waals surface area contributed by atoms with Gasteiger partial charge in [0.05, 0.1) is 35.3 Å². The zero-order valence-electron chi connectivity index (χ0n) is 20.5. The first-order valence-corrected chi connectivity index (χ1v) is 14.0. The summed E-state index contributed by atoms with van der Waals surface area (Å²) in [4.78, 5) is 7.02. The van der Waals surface area contributed by atoms with Gasteiger partial charge in [-0.3, -0.25) is 9.22 Å². The van der Waals surface area contributed by atoms with Crippen LogP contribution in [0.15, 0.2) is 46.3 Å². The second kappa shape index (κ2) is 8.64. The van der Waals surface area contributed by atoms with E-state index in [9.17, 15) is 9.47 Å². The number of hydrogen-bond donors (Lipinski definition) is 0. The zero-order valence-corrected chi connectivity index (χ0v) is 21.4. The number of nitriles is 1. The summed E-state index contributed by atoms with van der Waals surface area (Å²) in [6.07, 6.45) is 12.6. The molecule has 1 fully saturated rings. The Morgan fingerprint density at radius 1 is 1.23 bits per heavy atom. The van der Waals surface area contributed by atoms with E-state index in [1.165, 1.54) is 0 Å². The van der Waals surface area contributed by atoms with E-state index in [4.69, 9.17) is 4.98 Å². The van der Waals surface area contributed by atoms with Crippen molar-refractivity contribution in [2.24, 2.45) is 9.46 Å². The SMILES string of the molecule is CN1CC(C)(c2cc(-c3ccc(N4CCC(N=S(C)(C)=O)CC4)nc3)c3c(C#N)cnn3c2)C=N1. The second-order valence-corrected chi connectivity index (χ2v) is 12.6. The summed E-state index contributed by atoms with van der Waals surface area (Å²) in [7, 11) is -0.115. The summed E-state index contributed by atoms with van der Waals surface area (Å²) >= 11 is 0. The lowest BCUT2D eigenvalue weighted by Gasteiger charge is -2.31. The van der Waals surface area contributed by atoms with Crippen molar-refractivity contribution >= 4 is 27.3 Å². The van der Waals surface area contributed by atoms with Gasteiger partial charge in [-0.1, -0.05) is 0 Å². The largest absolute Gasteiger partial charge is 0.356 e. The molecule has 0 saturated carbocycles. The van der Waals surface area contributed by atoms with E-state index in [2.05, 4.69) is 44.6 Å².